The lowest BCUT2D eigenvalue weighted by Gasteiger charge is -2.44. The zero-order valence-corrected chi connectivity index (χ0v) is 13.8. The normalized spacial score (nSPS) is 18.5. The molecule has 1 aromatic rings. The smallest absolute Gasteiger partial charge is 0.337 e. The first kappa shape index (κ1) is 16.5. The number of nitrogens with zero attached hydrogens (tertiary/aromatic N) is 2. The van der Waals surface area contributed by atoms with Gasteiger partial charge in [-0.15, -0.1) is 0 Å². The van der Waals surface area contributed by atoms with Crippen LogP contribution >= 0.6 is 0 Å². The molecule has 0 bridgehead atoms. The number of nitriles is 1. The van der Waals surface area contributed by atoms with Gasteiger partial charge in [0.15, 0.2) is 0 Å². The monoisotopic (exact) mass is 300 g/mol. The van der Waals surface area contributed by atoms with Crippen molar-refractivity contribution in [3.8, 4) is 6.07 Å². The van der Waals surface area contributed by atoms with E-state index in [4.69, 9.17) is 4.74 Å². The summed E-state index contributed by atoms with van der Waals surface area (Å²) >= 11 is 0. The van der Waals surface area contributed by atoms with Crippen LogP contribution in [-0.4, -0.2) is 36.6 Å². The Morgan fingerprint density at radius 3 is 2.18 bits per heavy atom. The number of rotatable bonds is 2. The highest BCUT2D eigenvalue weighted by molar-refractivity contribution is 5.89. The highest BCUT2D eigenvalue weighted by Crippen LogP contribution is 2.37. The van der Waals surface area contributed by atoms with Crippen LogP contribution in [0.3, 0.4) is 0 Å². The van der Waals surface area contributed by atoms with E-state index in [0.29, 0.717) is 5.56 Å². The Morgan fingerprint density at radius 1 is 1.23 bits per heavy atom. The summed E-state index contributed by atoms with van der Waals surface area (Å²) in [7, 11) is 1.37. The van der Waals surface area contributed by atoms with Crippen LogP contribution in [-0.2, 0) is 10.2 Å². The maximum atomic E-state index is 11.5. The minimum atomic E-state index is -0.448. The molecular weight excluding hydrogens is 276 g/mol. The molecule has 0 unspecified atom stereocenters. The van der Waals surface area contributed by atoms with E-state index >= 15 is 0 Å². The summed E-state index contributed by atoms with van der Waals surface area (Å²) < 4.78 is 4.71. The zero-order chi connectivity index (χ0) is 16.4. The molecule has 0 radical (unpaired) electrons. The quantitative estimate of drug-likeness (QED) is 0.787. The van der Waals surface area contributed by atoms with Crippen molar-refractivity contribution >= 4 is 5.97 Å². The van der Waals surface area contributed by atoms with E-state index in [2.05, 4.69) is 31.7 Å². The van der Waals surface area contributed by atoms with Crippen molar-refractivity contribution in [2.24, 2.45) is 0 Å². The molecule has 0 spiro atoms. The van der Waals surface area contributed by atoms with Crippen molar-refractivity contribution in [3.63, 3.8) is 0 Å². The van der Waals surface area contributed by atoms with Crippen LogP contribution in [0.1, 0.15) is 49.5 Å². The standard InChI is InChI=1S/C18H24N2O2/c1-17(2,3)20-11-9-18(13-19,10-12-20)15-7-5-14(6-8-15)16(21)22-4/h5-8H,9-12H2,1-4H3. The molecule has 0 amide bonds. The number of hydrogen-bond acceptors (Lipinski definition) is 4. The molecule has 2 rings (SSSR count). The Hall–Kier alpha value is -1.86. The van der Waals surface area contributed by atoms with Gasteiger partial charge in [0.2, 0.25) is 0 Å². The van der Waals surface area contributed by atoms with E-state index in [1.54, 1.807) is 12.1 Å². The van der Waals surface area contributed by atoms with Gasteiger partial charge in [-0.1, -0.05) is 12.1 Å². The van der Waals surface area contributed by atoms with Gasteiger partial charge in [-0.3, -0.25) is 4.90 Å². The molecule has 1 aliphatic rings. The van der Waals surface area contributed by atoms with Gasteiger partial charge in [-0.25, -0.2) is 4.79 Å². The average Bonchev–Trinajstić information content (AvgIpc) is 2.53. The van der Waals surface area contributed by atoms with Crippen LogP contribution in [0.5, 0.6) is 0 Å². The van der Waals surface area contributed by atoms with Gasteiger partial charge in [-0.05, 0) is 51.3 Å². The maximum absolute atomic E-state index is 11.5. The zero-order valence-electron chi connectivity index (χ0n) is 13.8. The fraction of sp³-hybridized carbons (Fsp3) is 0.556. The highest BCUT2D eigenvalue weighted by atomic mass is 16.5. The van der Waals surface area contributed by atoms with Crippen molar-refractivity contribution in [2.75, 3.05) is 20.2 Å². The summed E-state index contributed by atoms with van der Waals surface area (Å²) in [4.78, 5) is 13.9. The fourth-order valence-electron chi connectivity index (χ4n) is 3.07. The largest absolute Gasteiger partial charge is 0.465 e. The number of methoxy groups -OCH3 is 1. The van der Waals surface area contributed by atoms with Gasteiger partial charge in [0.25, 0.3) is 0 Å². The van der Waals surface area contributed by atoms with Crippen LogP contribution in [0.15, 0.2) is 24.3 Å². The molecule has 22 heavy (non-hydrogen) atoms. The number of benzene rings is 1. The molecule has 1 aromatic carbocycles. The summed E-state index contributed by atoms with van der Waals surface area (Å²) in [5.74, 6) is -0.347. The van der Waals surface area contributed by atoms with E-state index in [9.17, 15) is 10.1 Å². The molecule has 1 heterocycles. The van der Waals surface area contributed by atoms with Crippen LogP contribution in [0.2, 0.25) is 0 Å². The molecule has 4 heteroatoms. The van der Waals surface area contributed by atoms with E-state index in [-0.39, 0.29) is 11.5 Å². The van der Waals surface area contributed by atoms with Crippen LogP contribution in [0, 0.1) is 11.3 Å². The second kappa shape index (κ2) is 6.10. The van der Waals surface area contributed by atoms with Crippen molar-refractivity contribution in [1.29, 1.82) is 5.26 Å². The Morgan fingerprint density at radius 2 is 1.77 bits per heavy atom. The minimum Gasteiger partial charge on any atom is -0.465 e. The third-order valence-corrected chi connectivity index (χ3v) is 4.64. The average molecular weight is 300 g/mol. The van der Waals surface area contributed by atoms with E-state index in [1.165, 1.54) is 7.11 Å². The first-order valence-electron chi connectivity index (χ1n) is 7.67. The Balaban J connectivity index is 2.19. The summed E-state index contributed by atoms with van der Waals surface area (Å²) in [6.45, 7) is 8.44. The Kier molecular flexibility index (Phi) is 4.58. The van der Waals surface area contributed by atoms with Gasteiger partial charge in [-0.2, -0.15) is 5.26 Å². The van der Waals surface area contributed by atoms with Crippen molar-refractivity contribution < 1.29 is 9.53 Å². The number of ether oxygens (including phenoxy) is 1. The number of likely N-dealkylation sites (tertiary alicyclic amines) is 1. The number of hydrogen-bond donors (Lipinski definition) is 0. The van der Waals surface area contributed by atoms with Crippen LogP contribution in [0.25, 0.3) is 0 Å². The summed E-state index contributed by atoms with van der Waals surface area (Å²) in [5, 5.41) is 9.75. The molecule has 0 N–H and O–H groups in total. The third kappa shape index (κ3) is 3.15. The van der Waals surface area contributed by atoms with Gasteiger partial charge < -0.3 is 4.74 Å². The van der Waals surface area contributed by atoms with Crippen molar-refractivity contribution in [1.82, 2.24) is 4.90 Å². The van der Waals surface area contributed by atoms with Gasteiger partial charge >= 0.3 is 5.97 Å². The third-order valence-electron chi connectivity index (χ3n) is 4.64. The predicted octanol–water partition coefficient (Wildman–Crippen LogP) is 3.13. The predicted molar refractivity (Wildman–Crippen MR) is 85.6 cm³/mol. The summed E-state index contributed by atoms with van der Waals surface area (Å²) in [6.07, 6.45) is 1.64. The molecule has 0 atom stereocenters. The lowest BCUT2D eigenvalue weighted by Crippen LogP contribution is -2.50. The fourth-order valence-corrected chi connectivity index (χ4v) is 3.07. The molecule has 118 valence electrons. The van der Waals surface area contributed by atoms with E-state index < -0.39 is 5.41 Å². The van der Waals surface area contributed by atoms with Crippen LogP contribution < -0.4 is 0 Å². The van der Waals surface area contributed by atoms with Gasteiger partial charge in [0.1, 0.15) is 0 Å². The maximum Gasteiger partial charge on any atom is 0.337 e. The lowest BCUT2D eigenvalue weighted by atomic mass is 9.73. The molecule has 0 aliphatic carbocycles. The first-order chi connectivity index (χ1) is 10.3. The van der Waals surface area contributed by atoms with Crippen molar-refractivity contribution in [2.45, 2.75) is 44.6 Å². The lowest BCUT2D eigenvalue weighted by molar-refractivity contribution is 0.0600. The minimum absolute atomic E-state index is 0.135. The van der Waals surface area contributed by atoms with E-state index in [1.807, 2.05) is 12.1 Å². The second-order valence-electron chi connectivity index (χ2n) is 6.92. The molecule has 1 aliphatic heterocycles. The van der Waals surface area contributed by atoms with Gasteiger partial charge in [0, 0.05) is 18.6 Å². The van der Waals surface area contributed by atoms with Crippen molar-refractivity contribution in [3.05, 3.63) is 35.4 Å². The van der Waals surface area contributed by atoms with Gasteiger partial charge in [0.05, 0.1) is 24.2 Å². The number of carbonyl (C=O) groups is 1. The highest BCUT2D eigenvalue weighted by Gasteiger charge is 2.38. The Bertz CT molecular complexity index is 571. The first-order valence-corrected chi connectivity index (χ1v) is 7.67. The Labute approximate surface area is 132 Å². The summed E-state index contributed by atoms with van der Waals surface area (Å²) in [5.41, 5.74) is 1.20. The number of piperidine rings is 1. The molecule has 4 nitrogen and oxygen atoms in total. The van der Waals surface area contributed by atoms with E-state index in [0.717, 1.165) is 31.5 Å². The topological polar surface area (TPSA) is 53.3 Å². The molecule has 1 saturated heterocycles. The molecular formula is C18H24N2O2. The molecule has 1 fully saturated rings. The number of esters is 1. The number of carbonyl (C=O) groups excluding carboxylic acids is 1. The van der Waals surface area contributed by atoms with Crippen LogP contribution in [0.4, 0.5) is 0 Å². The molecule has 0 aromatic heterocycles. The summed E-state index contributed by atoms with van der Waals surface area (Å²) in [6, 6.07) is 9.80. The SMILES string of the molecule is COC(=O)c1ccc(C2(C#N)CCN(C(C)(C)C)CC2)cc1. The molecule has 0 saturated carbocycles. The second-order valence-corrected chi connectivity index (χ2v) is 6.92.